The number of nitro groups is 1. The van der Waals surface area contributed by atoms with Crippen LogP contribution in [0.4, 0.5) is 14.5 Å². The summed E-state index contributed by atoms with van der Waals surface area (Å²) in [4.78, 5) is 10.1. The van der Waals surface area contributed by atoms with Gasteiger partial charge in [-0.1, -0.05) is 17.7 Å². The molecule has 0 heterocycles. The van der Waals surface area contributed by atoms with Crippen LogP contribution < -0.4 is 4.74 Å². The Hall–Kier alpha value is -2.21. The highest BCUT2D eigenvalue weighted by atomic mass is 35.5. The molecule has 0 aliphatic heterocycles. The second kappa shape index (κ2) is 5.83. The minimum Gasteiger partial charge on any atom is -0.486 e. The zero-order chi connectivity index (χ0) is 14.7. The molecule has 0 aliphatic carbocycles. The molecule has 4 nitrogen and oxygen atoms in total. The Balaban J connectivity index is 2.15. The number of ether oxygens (including phenoxy) is 1. The predicted octanol–water partition coefficient (Wildman–Crippen LogP) is 4.11. The number of nitrogens with zero attached hydrogens (tertiary/aromatic N) is 1. The summed E-state index contributed by atoms with van der Waals surface area (Å²) in [5.41, 5.74) is 0.192. The van der Waals surface area contributed by atoms with E-state index in [0.29, 0.717) is 11.6 Å². The number of hydrogen-bond acceptors (Lipinski definition) is 3. The Morgan fingerprint density at radius 2 is 1.95 bits per heavy atom. The predicted molar refractivity (Wildman–Crippen MR) is 68.8 cm³/mol. The molecule has 0 unspecified atom stereocenters. The molecule has 0 fully saturated rings. The van der Waals surface area contributed by atoms with Gasteiger partial charge >= 0.3 is 0 Å². The number of benzene rings is 2. The van der Waals surface area contributed by atoms with Crippen LogP contribution in [0, 0.1) is 21.7 Å². The molecular weight excluding hydrogens is 292 g/mol. The molecule has 104 valence electrons. The van der Waals surface area contributed by atoms with E-state index in [-0.39, 0.29) is 23.1 Å². The van der Waals surface area contributed by atoms with Gasteiger partial charge < -0.3 is 4.74 Å². The molecule has 20 heavy (non-hydrogen) atoms. The lowest BCUT2D eigenvalue weighted by Crippen LogP contribution is -1.99. The minimum absolute atomic E-state index is 0.00622. The van der Waals surface area contributed by atoms with Gasteiger partial charge in [0.2, 0.25) is 0 Å². The van der Waals surface area contributed by atoms with Crippen molar-refractivity contribution in [2.45, 2.75) is 6.61 Å². The van der Waals surface area contributed by atoms with E-state index in [9.17, 15) is 18.9 Å². The summed E-state index contributed by atoms with van der Waals surface area (Å²) in [6.45, 7) is -0.0967. The fourth-order valence-electron chi connectivity index (χ4n) is 1.54. The lowest BCUT2D eigenvalue weighted by Gasteiger charge is -2.07. The van der Waals surface area contributed by atoms with Crippen LogP contribution in [0.25, 0.3) is 0 Å². The fraction of sp³-hybridized carbons (Fsp3) is 0.0769. The summed E-state index contributed by atoms with van der Waals surface area (Å²) < 4.78 is 31.2. The Morgan fingerprint density at radius 1 is 1.20 bits per heavy atom. The highest BCUT2D eigenvalue weighted by molar-refractivity contribution is 6.32. The van der Waals surface area contributed by atoms with Gasteiger partial charge in [0, 0.05) is 12.1 Å². The molecule has 0 aliphatic rings. The molecule has 0 saturated heterocycles. The van der Waals surface area contributed by atoms with E-state index in [0.717, 1.165) is 12.1 Å². The van der Waals surface area contributed by atoms with Crippen LogP contribution in [0.2, 0.25) is 5.02 Å². The highest BCUT2D eigenvalue weighted by Gasteiger charge is 2.13. The number of hydrogen-bond donors (Lipinski definition) is 0. The van der Waals surface area contributed by atoms with Crippen LogP contribution >= 0.6 is 11.6 Å². The molecule has 0 bridgehead atoms. The van der Waals surface area contributed by atoms with Crippen molar-refractivity contribution in [2.24, 2.45) is 0 Å². The highest BCUT2D eigenvalue weighted by Crippen LogP contribution is 2.26. The largest absolute Gasteiger partial charge is 0.486 e. The third kappa shape index (κ3) is 3.21. The molecule has 0 atom stereocenters. The monoisotopic (exact) mass is 299 g/mol. The van der Waals surface area contributed by atoms with Crippen molar-refractivity contribution in [3.05, 3.63) is 68.7 Å². The van der Waals surface area contributed by atoms with Gasteiger partial charge in [0.25, 0.3) is 5.69 Å². The third-order valence-corrected chi connectivity index (χ3v) is 2.82. The maximum atomic E-state index is 13.3. The maximum Gasteiger partial charge on any atom is 0.288 e. The average molecular weight is 300 g/mol. The van der Waals surface area contributed by atoms with E-state index in [1.54, 1.807) is 0 Å². The first-order chi connectivity index (χ1) is 9.47. The van der Waals surface area contributed by atoms with Gasteiger partial charge in [-0.05, 0) is 23.8 Å². The quantitative estimate of drug-likeness (QED) is 0.630. The van der Waals surface area contributed by atoms with E-state index < -0.39 is 16.6 Å². The first-order valence-electron chi connectivity index (χ1n) is 5.48. The molecule has 0 radical (unpaired) electrons. The van der Waals surface area contributed by atoms with E-state index >= 15 is 0 Å². The zero-order valence-electron chi connectivity index (χ0n) is 9.98. The smallest absolute Gasteiger partial charge is 0.288 e. The van der Waals surface area contributed by atoms with Crippen LogP contribution in [0.15, 0.2) is 36.4 Å². The normalized spacial score (nSPS) is 10.3. The average Bonchev–Trinajstić information content (AvgIpc) is 2.39. The molecule has 2 rings (SSSR count). The van der Waals surface area contributed by atoms with E-state index in [4.69, 9.17) is 16.3 Å². The topological polar surface area (TPSA) is 52.4 Å². The lowest BCUT2D eigenvalue weighted by molar-refractivity contribution is -0.384. The lowest BCUT2D eigenvalue weighted by atomic mass is 10.2. The van der Waals surface area contributed by atoms with Crippen molar-refractivity contribution < 1.29 is 18.4 Å². The third-order valence-electron chi connectivity index (χ3n) is 2.50. The SMILES string of the molecule is O=[N+]([O-])c1cc(COc2ccc(F)cc2F)ccc1Cl. The fourth-order valence-corrected chi connectivity index (χ4v) is 1.73. The standard InChI is InChI=1S/C13H8ClF2NO3/c14-10-3-1-8(5-12(10)17(18)19)7-20-13-4-2-9(15)6-11(13)16/h1-6H,7H2. The number of halogens is 3. The van der Waals surface area contributed by atoms with Crippen LogP contribution in [-0.2, 0) is 6.61 Å². The van der Waals surface area contributed by atoms with E-state index in [1.807, 2.05) is 0 Å². The van der Waals surface area contributed by atoms with Crippen molar-refractivity contribution in [2.75, 3.05) is 0 Å². The molecule has 0 saturated carbocycles. The first kappa shape index (κ1) is 14.2. The Morgan fingerprint density at radius 3 is 2.60 bits per heavy atom. The van der Waals surface area contributed by atoms with E-state index in [2.05, 4.69) is 0 Å². The van der Waals surface area contributed by atoms with E-state index in [1.165, 1.54) is 18.2 Å². The van der Waals surface area contributed by atoms with Crippen LogP contribution in [-0.4, -0.2) is 4.92 Å². The summed E-state index contributed by atoms with van der Waals surface area (Å²) >= 11 is 5.67. The molecule has 0 aromatic heterocycles. The maximum absolute atomic E-state index is 13.3. The minimum atomic E-state index is -0.839. The summed E-state index contributed by atoms with van der Waals surface area (Å²) in [5.74, 6) is -1.69. The van der Waals surface area contributed by atoms with Gasteiger partial charge in [0.05, 0.1) is 4.92 Å². The molecular formula is C13H8ClF2NO3. The second-order valence-electron chi connectivity index (χ2n) is 3.91. The Bertz CT molecular complexity index is 664. The molecule has 0 N–H and O–H groups in total. The van der Waals surface area contributed by atoms with Gasteiger partial charge in [0.15, 0.2) is 11.6 Å². The molecule has 0 amide bonds. The number of nitro benzene ring substituents is 1. The summed E-state index contributed by atoms with van der Waals surface area (Å²) in [5, 5.41) is 10.7. The van der Waals surface area contributed by atoms with Gasteiger partial charge in [-0.3, -0.25) is 10.1 Å². The second-order valence-corrected chi connectivity index (χ2v) is 4.31. The Labute approximate surface area is 117 Å². The van der Waals surface area contributed by atoms with Gasteiger partial charge in [0.1, 0.15) is 17.4 Å². The van der Waals surface area contributed by atoms with Gasteiger partial charge in [-0.15, -0.1) is 0 Å². The Kier molecular flexibility index (Phi) is 4.14. The number of rotatable bonds is 4. The summed E-state index contributed by atoms with van der Waals surface area (Å²) in [6.07, 6.45) is 0. The summed E-state index contributed by atoms with van der Waals surface area (Å²) in [6, 6.07) is 7.03. The molecule has 2 aromatic rings. The van der Waals surface area contributed by atoms with Crippen LogP contribution in [0.3, 0.4) is 0 Å². The van der Waals surface area contributed by atoms with Gasteiger partial charge in [-0.25, -0.2) is 8.78 Å². The van der Waals surface area contributed by atoms with Crippen molar-refractivity contribution in [1.82, 2.24) is 0 Å². The van der Waals surface area contributed by atoms with Crippen molar-refractivity contribution in [3.63, 3.8) is 0 Å². The van der Waals surface area contributed by atoms with Gasteiger partial charge in [-0.2, -0.15) is 0 Å². The van der Waals surface area contributed by atoms with Crippen molar-refractivity contribution in [1.29, 1.82) is 0 Å². The zero-order valence-corrected chi connectivity index (χ0v) is 10.7. The molecule has 0 spiro atoms. The van der Waals surface area contributed by atoms with Crippen molar-refractivity contribution in [3.8, 4) is 5.75 Å². The summed E-state index contributed by atoms with van der Waals surface area (Å²) in [7, 11) is 0. The molecule has 7 heteroatoms. The molecule has 2 aromatic carbocycles. The van der Waals surface area contributed by atoms with Crippen LogP contribution in [0.5, 0.6) is 5.75 Å². The van der Waals surface area contributed by atoms with Crippen molar-refractivity contribution >= 4 is 17.3 Å². The first-order valence-corrected chi connectivity index (χ1v) is 5.86. The van der Waals surface area contributed by atoms with Crippen LogP contribution in [0.1, 0.15) is 5.56 Å².